The van der Waals surface area contributed by atoms with Gasteiger partial charge >= 0.3 is 0 Å². The third-order valence-electron chi connectivity index (χ3n) is 5.30. The van der Waals surface area contributed by atoms with E-state index in [1.807, 2.05) is 43.0 Å². The van der Waals surface area contributed by atoms with Crippen molar-refractivity contribution in [3.05, 3.63) is 53.0 Å². The number of carbonyl (C=O) groups excluding carboxylic acids is 2. The Hall–Kier alpha value is -2.56. The van der Waals surface area contributed by atoms with Crippen LogP contribution < -0.4 is 5.32 Å². The lowest BCUT2D eigenvalue weighted by Crippen LogP contribution is -2.48. The first-order valence-electron chi connectivity index (χ1n) is 8.28. The van der Waals surface area contributed by atoms with Gasteiger partial charge in [0, 0.05) is 18.8 Å². The van der Waals surface area contributed by atoms with Gasteiger partial charge in [0.15, 0.2) is 0 Å². The van der Waals surface area contributed by atoms with E-state index in [-0.39, 0.29) is 11.8 Å². The zero-order valence-electron chi connectivity index (χ0n) is 13.9. The molecule has 0 unspecified atom stereocenters. The zero-order valence-corrected chi connectivity index (χ0v) is 13.9. The van der Waals surface area contributed by atoms with Gasteiger partial charge in [-0.3, -0.25) is 9.59 Å². The summed E-state index contributed by atoms with van der Waals surface area (Å²) in [6.07, 6.45) is 1.30. The number of piperidine rings is 1. The number of hydrogen-bond donors (Lipinski definition) is 1. The fraction of sp³-hybridized carbons (Fsp3) is 0.368. The number of aryl methyl sites for hydroxylation is 2. The Morgan fingerprint density at radius 1 is 1.21 bits per heavy atom. The van der Waals surface area contributed by atoms with Crippen LogP contribution in [0.2, 0.25) is 0 Å². The number of benzene rings is 1. The van der Waals surface area contributed by atoms with E-state index in [4.69, 9.17) is 4.42 Å². The molecule has 0 bridgehead atoms. The summed E-state index contributed by atoms with van der Waals surface area (Å²) in [5.41, 5.74) is 2.11. The van der Waals surface area contributed by atoms with Crippen molar-refractivity contribution in [1.29, 1.82) is 0 Å². The van der Waals surface area contributed by atoms with E-state index < -0.39 is 5.41 Å². The Balaban J connectivity index is 1.56. The first-order valence-corrected chi connectivity index (χ1v) is 8.28. The molecule has 1 fully saturated rings. The monoisotopic (exact) mass is 324 g/mol. The van der Waals surface area contributed by atoms with Gasteiger partial charge in [-0.25, -0.2) is 0 Å². The predicted molar refractivity (Wildman–Crippen MR) is 90.1 cm³/mol. The first kappa shape index (κ1) is 15.0. The predicted octanol–water partition coefficient (Wildman–Crippen LogP) is 3.02. The van der Waals surface area contributed by atoms with Crippen molar-refractivity contribution >= 4 is 17.5 Å². The van der Waals surface area contributed by atoms with Gasteiger partial charge in [0.25, 0.3) is 5.91 Å². The van der Waals surface area contributed by atoms with Crippen LogP contribution in [0.4, 0.5) is 5.69 Å². The molecule has 1 spiro atoms. The Bertz CT molecular complexity index is 829. The van der Waals surface area contributed by atoms with E-state index in [1.54, 1.807) is 6.07 Å². The summed E-state index contributed by atoms with van der Waals surface area (Å²) in [6, 6.07) is 9.65. The number of hydrogen-bond acceptors (Lipinski definition) is 3. The number of anilines is 1. The summed E-state index contributed by atoms with van der Waals surface area (Å²) in [5, 5.41) is 2.99. The summed E-state index contributed by atoms with van der Waals surface area (Å²) in [7, 11) is 0. The van der Waals surface area contributed by atoms with Crippen LogP contribution >= 0.6 is 0 Å². The van der Waals surface area contributed by atoms with Crippen LogP contribution in [0.3, 0.4) is 0 Å². The van der Waals surface area contributed by atoms with Crippen LogP contribution in [-0.4, -0.2) is 29.8 Å². The third-order valence-corrected chi connectivity index (χ3v) is 5.30. The molecule has 0 radical (unpaired) electrons. The van der Waals surface area contributed by atoms with Crippen molar-refractivity contribution < 1.29 is 14.0 Å². The SMILES string of the molecule is Cc1cc(C(=O)N2CCC3(CC2)C(=O)Nc2ccccc23)c(C)o1. The van der Waals surface area contributed by atoms with Gasteiger partial charge in [-0.05, 0) is 44.4 Å². The number of nitrogens with one attached hydrogen (secondary N) is 1. The Kier molecular flexibility index (Phi) is 3.27. The van der Waals surface area contributed by atoms with Crippen molar-refractivity contribution in [2.45, 2.75) is 32.1 Å². The highest BCUT2D eigenvalue weighted by Crippen LogP contribution is 2.44. The van der Waals surface area contributed by atoms with E-state index in [0.717, 1.165) is 17.0 Å². The second-order valence-corrected chi connectivity index (χ2v) is 6.70. The number of likely N-dealkylation sites (tertiary alicyclic amines) is 1. The van der Waals surface area contributed by atoms with Crippen LogP contribution in [0.15, 0.2) is 34.7 Å². The van der Waals surface area contributed by atoms with E-state index >= 15 is 0 Å². The Labute approximate surface area is 140 Å². The number of nitrogens with zero attached hydrogens (tertiary/aromatic N) is 1. The van der Waals surface area contributed by atoms with Gasteiger partial charge in [-0.2, -0.15) is 0 Å². The molecule has 1 saturated heterocycles. The van der Waals surface area contributed by atoms with E-state index in [2.05, 4.69) is 5.32 Å². The molecule has 0 saturated carbocycles. The number of furan rings is 1. The minimum Gasteiger partial charge on any atom is -0.466 e. The lowest BCUT2D eigenvalue weighted by molar-refractivity contribution is -0.122. The maximum Gasteiger partial charge on any atom is 0.257 e. The largest absolute Gasteiger partial charge is 0.466 e. The molecule has 2 aliphatic heterocycles. The van der Waals surface area contributed by atoms with Crippen LogP contribution in [-0.2, 0) is 10.2 Å². The van der Waals surface area contributed by atoms with Gasteiger partial charge in [0.05, 0.1) is 11.0 Å². The number of fused-ring (bicyclic) bond motifs is 2. The number of amides is 2. The average molecular weight is 324 g/mol. The molecule has 4 rings (SSSR count). The molecule has 5 heteroatoms. The summed E-state index contributed by atoms with van der Waals surface area (Å²) >= 11 is 0. The van der Waals surface area contributed by atoms with Gasteiger partial charge in [0.1, 0.15) is 11.5 Å². The highest BCUT2D eigenvalue weighted by molar-refractivity contribution is 6.06. The number of carbonyl (C=O) groups is 2. The lowest BCUT2D eigenvalue weighted by atomic mass is 9.73. The zero-order chi connectivity index (χ0) is 16.9. The quantitative estimate of drug-likeness (QED) is 0.877. The van der Waals surface area contributed by atoms with Gasteiger partial charge in [0.2, 0.25) is 5.91 Å². The second-order valence-electron chi connectivity index (χ2n) is 6.70. The molecule has 1 aromatic carbocycles. The molecule has 1 N–H and O–H groups in total. The van der Waals surface area contributed by atoms with Gasteiger partial charge in [-0.15, -0.1) is 0 Å². The van der Waals surface area contributed by atoms with Crippen molar-refractivity contribution in [2.75, 3.05) is 18.4 Å². The molecule has 24 heavy (non-hydrogen) atoms. The molecule has 124 valence electrons. The van der Waals surface area contributed by atoms with Crippen LogP contribution in [0.25, 0.3) is 0 Å². The summed E-state index contributed by atoms with van der Waals surface area (Å²) in [6.45, 7) is 4.80. The van der Waals surface area contributed by atoms with Gasteiger partial charge < -0.3 is 14.6 Å². The van der Waals surface area contributed by atoms with Crippen molar-refractivity contribution in [3.8, 4) is 0 Å². The molecule has 2 aliphatic rings. The molecule has 2 amide bonds. The maximum absolute atomic E-state index is 12.7. The molecule has 2 aromatic rings. The summed E-state index contributed by atoms with van der Waals surface area (Å²) in [4.78, 5) is 27.1. The average Bonchev–Trinajstić information content (AvgIpc) is 3.05. The summed E-state index contributed by atoms with van der Waals surface area (Å²) in [5.74, 6) is 1.45. The van der Waals surface area contributed by atoms with Crippen molar-refractivity contribution in [2.24, 2.45) is 0 Å². The van der Waals surface area contributed by atoms with Crippen molar-refractivity contribution in [1.82, 2.24) is 4.90 Å². The second kappa shape index (κ2) is 5.23. The lowest BCUT2D eigenvalue weighted by Gasteiger charge is -2.38. The molecule has 5 nitrogen and oxygen atoms in total. The van der Waals surface area contributed by atoms with Crippen LogP contribution in [0.5, 0.6) is 0 Å². The smallest absolute Gasteiger partial charge is 0.257 e. The molecule has 0 aliphatic carbocycles. The van der Waals surface area contributed by atoms with Crippen LogP contribution in [0.1, 0.15) is 40.3 Å². The maximum atomic E-state index is 12.7. The number of rotatable bonds is 1. The topological polar surface area (TPSA) is 62.6 Å². The van der Waals surface area contributed by atoms with Gasteiger partial charge in [-0.1, -0.05) is 18.2 Å². The van der Waals surface area contributed by atoms with E-state index in [0.29, 0.717) is 37.3 Å². The normalized spacial score (nSPS) is 18.6. The molecule has 1 aromatic heterocycles. The highest BCUT2D eigenvalue weighted by Gasteiger charge is 2.48. The molecular formula is C19H20N2O3. The summed E-state index contributed by atoms with van der Waals surface area (Å²) < 4.78 is 5.47. The van der Waals surface area contributed by atoms with Crippen molar-refractivity contribution in [3.63, 3.8) is 0 Å². The molecule has 3 heterocycles. The fourth-order valence-electron chi connectivity index (χ4n) is 3.98. The minimum absolute atomic E-state index is 0.00843. The highest BCUT2D eigenvalue weighted by atomic mass is 16.3. The van der Waals surface area contributed by atoms with E-state index in [9.17, 15) is 9.59 Å². The van der Waals surface area contributed by atoms with Crippen LogP contribution in [0, 0.1) is 13.8 Å². The standard InChI is InChI=1S/C19H20N2O3/c1-12-11-14(13(2)24-12)17(22)21-9-7-19(8-10-21)15-5-3-4-6-16(15)20-18(19)23/h3-6,11H,7-10H2,1-2H3,(H,20,23). The van der Waals surface area contributed by atoms with E-state index in [1.165, 1.54) is 0 Å². The molecule has 0 atom stereocenters. The number of para-hydroxylation sites is 1. The first-order chi connectivity index (χ1) is 11.5. The Morgan fingerprint density at radius 2 is 1.92 bits per heavy atom. The Morgan fingerprint density at radius 3 is 2.58 bits per heavy atom. The molecular weight excluding hydrogens is 304 g/mol. The third kappa shape index (κ3) is 2.08. The minimum atomic E-state index is -0.491. The fourth-order valence-corrected chi connectivity index (χ4v) is 3.98.